The number of nitrogens with one attached hydrogen (secondary N) is 2. The van der Waals surface area contributed by atoms with Crippen LogP contribution in [0.15, 0.2) is 72.8 Å². The van der Waals surface area contributed by atoms with Crippen LogP contribution in [-0.2, 0) is 16.1 Å². The van der Waals surface area contributed by atoms with E-state index in [0.29, 0.717) is 11.1 Å². The van der Waals surface area contributed by atoms with Gasteiger partial charge in [0.1, 0.15) is 6.04 Å². The van der Waals surface area contributed by atoms with Crippen LogP contribution in [0.5, 0.6) is 0 Å². The number of halogens is 2. The number of carboxylic acid groups (broad SMARTS) is 1. The van der Waals surface area contributed by atoms with E-state index in [2.05, 4.69) is 10.6 Å². The average molecular weight is 452 g/mol. The second-order valence-electron chi connectivity index (χ2n) is 7.37. The summed E-state index contributed by atoms with van der Waals surface area (Å²) >= 11 is 0. The zero-order valence-corrected chi connectivity index (χ0v) is 17.6. The maximum Gasteiger partial charge on any atom is 0.303 e. The second kappa shape index (κ2) is 11.0. The molecule has 0 radical (unpaired) electrons. The number of carbonyl (C=O) groups is 3. The molecule has 1 atom stereocenters. The Hall–Kier alpha value is -4.07. The molecule has 0 aromatic heterocycles. The Bertz CT molecular complexity index is 1130. The van der Waals surface area contributed by atoms with Gasteiger partial charge in [-0.25, -0.2) is 8.78 Å². The predicted molar refractivity (Wildman–Crippen MR) is 118 cm³/mol. The summed E-state index contributed by atoms with van der Waals surface area (Å²) in [6.07, 6.45) is -0.469. The number of carbonyl (C=O) groups excluding carboxylic acids is 2. The van der Waals surface area contributed by atoms with Gasteiger partial charge in [-0.2, -0.15) is 0 Å². The highest BCUT2D eigenvalue weighted by Gasteiger charge is 2.22. The molecule has 2 amide bonds. The number of hydrogen-bond acceptors (Lipinski definition) is 3. The normalized spacial score (nSPS) is 11.5. The molecule has 0 unspecified atom stereocenters. The van der Waals surface area contributed by atoms with E-state index < -0.39 is 35.5 Å². The van der Waals surface area contributed by atoms with E-state index >= 15 is 0 Å². The summed E-state index contributed by atoms with van der Waals surface area (Å²) in [6, 6.07) is 18.5. The number of aliphatic carboxylic acids is 1. The first-order valence-corrected chi connectivity index (χ1v) is 10.2. The molecule has 3 aromatic rings. The van der Waals surface area contributed by atoms with E-state index in [-0.39, 0.29) is 19.4 Å². The molecule has 0 bridgehead atoms. The predicted octanol–water partition coefficient (Wildman–Crippen LogP) is 3.91. The van der Waals surface area contributed by atoms with Crippen LogP contribution in [0.25, 0.3) is 11.1 Å². The Morgan fingerprint density at radius 2 is 1.52 bits per heavy atom. The Kier molecular flexibility index (Phi) is 7.86. The van der Waals surface area contributed by atoms with Gasteiger partial charge < -0.3 is 15.7 Å². The van der Waals surface area contributed by atoms with E-state index in [1.807, 2.05) is 30.3 Å². The zero-order chi connectivity index (χ0) is 23.8. The molecule has 33 heavy (non-hydrogen) atoms. The molecule has 3 rings (SSSR count). The molecule has 0 aliphatic carbocycles. The van der Waals surface area contributed by atoms with Crippen molar-refractivity contribution in [1.29, 1.82) is 0 Å². The first-order valence-electron chi connectivity index (χ1n) is 10.2. The summed E-state index contributed by atoms with van der Waals surface area (Å²) < 4.78 is 26.4. The first kappa shape index (κ1) is 23.6. The van der Waals surface area contributed by atoms with Gasteiger partial charge in [-0.1, -0.05) is 48.5 Å². The number of carboxylic acids is 1. The second-order valence-corrected chi connectivity index (χ2v) is 7.37. The van der Waals surface area contributed by atoms with Crippen molar-refractivity contribution in [2.45, 2.75) is 25.4 Å². The number of benzene rings is 3. The van der Waals surface area contributed by atoms with Gasteiger partial charge in [0.05, 0.1) is 0 Å². The molecule has 6 nitrogen and oxygen atoms in total. The summed E-state index contributed by atoms with van der Waals surface area (Å²) in [5.74, 6) is -4.33. The lowest BCUT2D eigenvalue weighted by Gasteiger charge is -2.18. The molecular formula is C25H22F2N2O4. The molecule has 0 spiro atoms. The Morgan fingerprint density at radius 1 is 0.848 bits per heavy atom. The minimum Gasteiger partial charge on any atom is -0.481 e. The van der Waals surface area contributed by atoms with E-state index in [0.717, 1.165) is 23.3 Å². The summed E-state index contributed by atoms with van der Waals surface area (Å²) in [5, 5.41) is 14.1. The fourth-order valence-electron chi connectivity index (χ4n) is 3.18. The van der Waals surface area contributed by atoms with E-state index in [1.54, 1.807) is 24.3 Å². The summed E-state index contributed by atoms with van der Waals surface area (Å²) in [5.41, 5.74) is 2.53. The molecule has 0 saturated carbocycles. The lowest BCUT2D eigenvalue weighted by molar-refractivity contribution is -0.137. The van der Waals surface area contributed by atoms with Crippen LogP contribution in [0, 0.1) is 11.6 Å². The minimum atomic E-state index is -1.12. The molecule has 0 aliphatic heterocycles. The van der Waals surface area contributed by atoms with Gasteiger partial charge in [0.25, 0.3) is 5.91 Å². The zero-order valence-electron chi connectivity index (χ0n) is 17.6. The summed E-state index contributed by atoms with van der Waals surface area (Å²) in [6.45, 7) is -0.110. The molecular weight excluding hydrogens is 430 g/mol. The van der Waals surface area contributed by atoms with Gasteiger partial charge in [-0.3, -0.25) is 14.4 Å². The monoisotopic (exact) mass is 452 g/mol. The number of hydrogen-bond donors (Lipinski definition) is 3. The average Bonchev–Trinajstić information content (AvgIpc) is 2.82. The lowest BCUT2D eigenvalue weighted by Crippen LogP contribution is -2.46. The highest BCUT2D eigenvalue weighted by molar-refractivity contribution is 5.98. The molecule has 0 fully saturated rings. The fourth-order valence-corrected chi connectivity index (χ4v) is 3.18. The van der Waals surface area contributed by atoms with Gasteiger partial charge in [0, 0.05) is 18.5 Å². The standard InChI is InChI=1S/C25H22F2N2O4/c26-20-11-6-16(14-21(20)27)15-28-25(33)22(12-13-23(30)31)29-24(32)19-9-7-18(8-10-19)17-4-2-1-3-5-17/h1-11,14,22H,12-13,15H2,(H,28,33)(H,29,32)(H,30,31)/t22-/m0/s1. The van der Waals surface area contributed by atoms with Gasteiger partial charge in [-0.15, -0.1) is 0 Å². The summed E-state index contributed by atoms with van der Waals surface area (Å²) in [4.78, 5) is 36.3. The van der Waals surface area contributed by atoms with Crippen LogP contribution >= 0.6 is 0 Å². The Balaban J connectivity index is 1.66. The van der Waals surface area contributed by atoms with Crippen LogP contribution in [0.4, 0.5) is 8.78 Å². The van der Waals surface area contributed by atoms with Crippen molar-refractivity contribution in [3.8, 4) is 11.1 Å². The Labute approximate surface area is 189 Å². The van der Waals surface area contributed by atoms with Crippen molar-refractivity contribution < 1.29 is 28.3 Å². The van der Waals surface area contributed by atoms with Crippen molar-refractivity contribution in [3.05, 3.63) is 95.6 Å². The van der Waals surface area contributed by atoms with Crippen molar-refractivity contribution in [2.24, 2.45) is 0 Å². The smallest absolute Gasteiger partial charge is 0.303 e. The molecule has 0 saturated heterocycles. The quantitative estimate of drug-likeness (QED) is 0.459. The molecule has 170 valence electrons. The van der Waals surface area contributed by atoms with Gasteiger partial charge in [0.15, 0.2) is 11.6 Å². The molecule has 3 aromatic carbocycles. The third kappa shape index (κ3) is 6.70. The van der Waals surface area contributed by atoms with Crippen LogP contribution in [-0.4, -0.2) is 28.9 Å². The number of rotatable bonds is 9. The van der Waals surface area contributed by atoms with Crippen molar-refractivity contribution in [1.82, 2.24) is 10.6 Å². The van der Waals surface area contributed by atoms with Crippen molar-refractivity contribution >= 4 is 17.8 Å². The van der Waals surface area contributed by atoms with Gasteiger partial charge >= 0.3 is 5.97 Å². The van der Waals surface area contributed by atoms with Crippen LogP contribution in [0.1, 0.15) is 28.8 Å². The van der Waals surface area contributed by atoms with Crippen LogP contribution in [0.2, 0.25) is 0 Å². The van der Waals surface area contributed by atoms with Crippen molar-refractivity contribution in [3.63, 3.8) is 0 Å². The SMILES string of the molecule is O=C(O)CC[C@H](NC(=O)c1ccc(-c2ccccc2)cc1)C(=O)NCc1ccc(F)c(F)c1. The topological polar surface area (TPSA) is 95.5 Å². The molecule has 8 heteroatoms. The maximum absolute atomic E-state index is 13.4. The van der Waals surface area contributed by atoms with Gasteiger partial charge in [0.2, 0.25) is 5.91 Å². The highest BCUT2D eigenvalue weighted by Crippen LogP contribution is 2.19. The Morgan fingerprint density at radius 3 is 2.15 bits per heavy atom. The van der Waals surface area contributed by atoms with E-state index in [4.69, 9.17) is 5.11 Å². The van der Waals surface area contributed by atoms with Crippen LogP contribution in [0.3, 0.4) is 0 Å². The first-order chi connectivity index (χ1) is 15.8. The van der Waals surface area contributed by atoms with Crippen molar-refractivity contribution in [2.75, 3.05) is 0 Å². The summed E-state index contributed by atoms with van der Waals surface area (Å²) in [7, 11) is 0. The van der Waals surface area contributed by atoms with Gasteiger partial charge in [-0.05, 0) is 47.4 Å². The third-order valence-corrected chi connectivity index (χ3v) is 4.97. The lowest BCUT2D eigenvalue weighted by atomic mass is 10.0. The largest absolute Gasteiger partial charge is 0.481 e. The molecule has 3 N–H and O–H groups in total. The van der Waals surface area contributed by atoms with E-state index in [1.165, 1.54) is 6.07 Å². The fraction of sp³-hybridized carbons (Fsp3) is 0.160. The number of amides is 2. The minimum absolute atomic E-state index is 0.110. The third-order valence-electron chi connectivity index (χ3n) is 4.97. The molecule has 0 heterocycles. The maximum atomic E-state index is 13.4. The highest BCUT2D eigenvalue weighted by atomic mass is 19.2. The van der Waals surface area contributed by atoms with Crippen LogP contribution < -0.4 is 10.6 Å². The molecule has 0 aliphatic rings. The van der Waals surface area contributed by atoms with E-state index in [9.17, 15) is 23.2 Å².